The van der Waals surface area contributed by atoms with E-state index in [9.17, 15) is 8.42 Å². The molecule has 0 bridgehead atoms. The molecule has 0 amide bonds. The van der Waals surface area contributed by atoms with E-state index in [-0.39, 0.29) is 10.7 Å². The number of nitrogens with one attached hydrogen (secondary N) is 1. The minimum Gasteiger partial charge on any atom is -0.263 e. The van der Waals surface area contributed by atoms with Gasteiger partial charge in [-0.2, -0.15) is 0 Å². The molecule has 0 aliphatic heterocycles. The second-order valence-electron chi connectivity index (χ2n) is 6.03. The number of aryl methyl sites for hydroxylation is 3. The van der Waals surface area contributed by atoms with Gasteiger partial charge >= 0.3 is 0 Å². The van der Waals surface area contributed by atoms with Crippen LogP contribution in [-0.2, 0) is 10.0 Å². The third-order valence-electron chi connectivity index (χ3n) is 3.98. The lowest BCUT2D eigenvalue weighted by Crippen LogP contribution is -2.14. The van der Waals surface area contributed by atoms with Crippen LogP contribution in [0.5, 0.6) is 0 Å². The van der Waals surface area contributed by atoms with Gasteiger partial charge < -0.3 is 0 Å². The molecule has 26 heavy (non-hydrogen) atoms. The fourth-order valence-electron chi connectivity index (χ4n) is 2.75. The third-order valence-corrected chi connectivity index (χ3v) is 5.64. The monoisotopic (exact) mass is 387 g/mol. The summed E-state index contributed by atoms with van der Waals surface area (Å²) >= 11 is 6.34. The molecule has 134 valence electrons. The first kappa shape index (κ1) is 18.4. The Morgan fingerprint density at radius 1 is 1.00 bits per heavy atom. The van der Waals surface area contributed by atoms with Gasteiger partial charge in [-0.3, -0.25) is 9.71 Å². The van der Waals surface area contributed by atoms with Crippen molar-refractivity contribution in [2.45, 2.75) is 25.7 Å². The van der Waals surface area contributed by atoms with Gasteiger partial charge in [0.05, 0.1) is 15.6 Å². The van der Waals surface area contributed by atoms with Crippen LogP contribution < -0.4 is 4.72 Å². The van der Waals surface area contributed by atoms with Crippen molar-refractivity contribution in [1.82, 2.24) is 9.97 Å². The Kier molecular flexibility index (Phi) is 4.98. The van der Waals surface area contributed by atoms with Gasteiger partial charge in [-0.05, 0) is 56.2 Å². The van der Waals surface area contributed by atoms with Crippen molar-refractivity contribution >= 4 is 27.4 Å². The molecule has 1 N–H and O–H groups in total. The van der Waals surface area contributed by atoms with Gasteiger partial charge in [0.15, 0.2) is 0 Å². The topological polar surface area (TPSA) is 72.0 Å². The zero-order chi connectivity index (χ0) is 18.9. The van der Waals surface area contributed by atoms with Gasteiger partial charge in [-0.25, -0.2) is 13.4 Å². The Hall–Kier alpha value is -2.44. The van der Waals surface area contributed by atoms with Crippen LogP contribution in [0.2, 0.25) is 5.02 Å². The molecule has 5 nitrogen and oxygen atoms in total. The standard InChI is InChI=1S/C19H18ClN3O2S/c1-12-5-4-6-13(2)18(12)19-16(20)7-8-17(22-19)23-26(24,25)15-9-10-21-14(3)11-15/h4-11H,1-3H3,(H,22,23). The molecule has 0 spiro atoms. The molecule has 2 heterocycles. The van der Waals surface area contributed by atoms with Gasteiger partial charge in [0.2, 0.25) is 0 Å². The predicted molar refractivity (Wildman–Crippen MR) is 104 cm³/mol. The van der Waals surface area contributed by atoms with E-state index in [1.165, 1.54) is 18.3 Å². The molecule has 3 aromatic rings. The van der Waals surface area contributed by atoms with Gasteiger partial charge in [0.25, 0.3) is 10.0 Å². The first-order valence-electron chi connectivity index (χ1n) is 7.96. The summed E-state index contributed by atoms with van der Waals surface area (Å²) in [6.07, 6.45) is 1.46. The number of hydrogen-bond donors (Lipinski definition) is 1. The molecule has 2 aromatic heterocycles. The fourth-order valence-corrected chi connectivity index (χ4v) is 4.02. The molecule has 3 rings (SSSR count). The van der Waals surface area contributed by atoms with E-state index in [0.717, 1.165) is 16.7 Å². The Bertz CT molecular complexity index is 1060. The van der Waals surface area contributed by atoms with Crippen LogP contribution in [0.1, 0.15) is 16.8 Å². The minimum atomic E-state index is -3.76. The average molecular weight is 388 g/mol. The maximum atomic E-state index is 12.6. The van der Waals surface area contributed by atoms with Crippen LogP contribution in [-0.4, -0.2) is 18.4 Å². The number of halogens is 1. The number of nitrogens with zero attached hydrogens (tertiary/aromatic N) is 2. The Morgan fingerprint density at radius 2 is 1.69 bits per heavy atom. The number of anilines is 1. The van der Waals surface area contributed by atoms with E-state index in [2.05, 4.69) is 14.7 Å². The second kappa shape index (κ2) is 7.05. The second-order valence-corrected chi connectivity index (χ2v) is 8.12. The zero-order valence-corrected chi connectivity index (χ0v) is 16.2. The first-order valence-corrected chi connectivity index (χ1v) is 9.82. The Morgan fingerprint density at radius 3 is 2.35 bits per heavy atom. The zero-order valence-electron chi connectivity index (χ0n) is 14.6. The first-order chi connectivity index (χ1) is 12.3. The predicted octanol–water partition coefficient (Wildman–Crippen LogP) is 4.52. The number of benzene rings is 1. The lowest BCUT2D eigenvalue weighted by Gasteiger charge is -2.13. The van der Waals surface area contributed by atoms with Crippen molar-refractivity contribution in [2.24, 2.45) is 0 Å². The molecule has 0 saturated heterocycles. The van der Waals surface area contributed by atoms with Crippen LogP contribution >= 0.6 is 11.6 Å². The van der Waals surface area contributed by atoms with Crippen LogP contribution in [0.4, 0.5) is 5.82 Å². The molecule has 0 atom stereocenters. The van der Waals surface area contributed by atoms with Gasteiger partial charge in [-0.1, -0.05) is 29.8 Å². The van der Waals surface area contributed by atoms with E-state index in [1.54, 1.807) is 19.1 Å². The van der Waals surface area contributed by atoms with E-state index >= 15 is 0 Å². The summed E-state index contributed by atoms with van der Waals surface area (Å²) in [7, 11) is -3.76. The largest absolute Gasteiger partial charge is 0.263 e. The van der Waals surface area contributed by atoms with Crippen molar-refractivity contribution in [1.29, 1.82) is 0 Å². The summed E-state index contributed by atoms with van der Waals surface area (Å²) in [6.45, 7) is 5.67. The van der Waals surface area contributed by atoms with Crippen LogP contribution in [0, 0.1) is 20.8 Å². The summed E-state index contributed by atoms with van der Waals surface area (Å²) in [4.78, 5) is 8.61. The van der Waals surface area contributed by atoms with Crippen LogP contribution in [0.15, 0.2) is 53.6 Å². The van der Waals surface area contributed by atoms with Gasteiger partial charge in [0.1, 0.15) is 5.82 Å². The maximum absolute atomic E-state index is 12.6. The molecule has 7 heteroatoms. The summed E-state index contributed by atoms with van der Waals surface area (Å²) in [5, 5.41) is 0.463. The number of pyridine rings is 2. The molecule has 0 unspecified atom stereocenters. The number of sulfonamides is 1. The highest BCUT2D eigenvalue weighted by Crippen LogP contribution is 2.32. The van der Waals surface area contributed by atoms with Gasteiger partial charge in [-0.15, -0.1) is 0 Å². The van der Waals surface area contributed by atoms with Crippen molar-refractivity contribution < 1.29 is 8.42 Å². The van der Waals surface area contributed by atoms with Crippen LogP contribution in [0.3, 0.4) is 0 Å². The smallest absolute Gasteiger partial charge is 0.263 e. The van der Waals surface area contributed by atoms with Gasteiger partial charge in [0, 0.05) is 17.5 Å². The molecular weight excluding hydrogens is 370 g/mol. The SMILES string of the molecule is Cc1cc(S(=O)(=O)Nc2ccc(Cl)c(-c3c(C)cccc3C)n2)ccn1. The normalized spacial score (nSPS) is 11.4. The third kappa shape index (κ3) is 3.71. The Balaban J connectivity index is 2.03. The number of hydrogen-bond acceptors (Lipinski definition) is 4. The van der Waals surface area contributed by atoms with Crippen molar-refractivity contribution in [3.8, 4) is 11.3 Å². The number of aromatic nitrogens is 2. The lowest BCUT2D eigenvalue weighted by atomic mass is 9.99. The van der Waals surface area contributed by atoms with E-state index < -0.39 is 10.0 Å². The lowest BCUT2D eigenvalue weighted by molar-refractivity contribution is 0.600. The van der Waals surface area contributed by atoms with E-state index in [0.29, 0.717) is 16.4 Å². The summed E-state index contributed by atoms with van der Waals surface area (Å²) in [5.74, 6) is 0.210. The highest BCUT2D eigenvalue weighted by molar-refractivity contribution is 7.92. The average Bonchev–Trinajstić information content (AvgIpc) is 2.57. The van der Waals surface area contributed by atoms with Crippen LogP contribution in [0.25, 0.3) is 11.3 Å². The molecule has 1 aromatic carbocycles. The minimum absolute atomic E-state index is 0.135. The summed E-state index contributed by atoms with van der Waals surface area (Å²) in [5.41, 5.74) is 4.10. The Labute approximate surface area is 158 Å². The molecular formula is C19H18ClN3O2S. The quantitative estimate of drug-likeness (QED) is 0.714. The highest BCUT2D eigenvalue weighted by Gasteiger charge is 2.17. The van der Waals surface area contributed by atoms with E-state index in [1.807, 2.05) is 32.0 Å². The van der Waals surface area contributed by atoms with Crippen molar-refractivity contribution in [3.05, 3.63) is 70.5 Å². The molecule has 0 aliphatic carbocycles. The molecule has 0 radical (unpaired) electrons. The van der Waals surface area contributed by atoms with Crippen molar-refractivity contribution in [2.75, 3.05) is 4.72 Å². The number of rotatable bonds is 4. The van der Waals surface area contributed by atoms with E-state index in [4.69, 9.17) is 11.6 Å². The van der Waals surface area contributed by atoms with Crippen molar-refractivity contribution in [3.63, 3.8) is 0 Å². The fraction of sp³-hybridized carbons (Fsp3) is 0.158. The molecule has 0 saturated carbocycles. The molecule has 0 aliphatic rings. The maximum Gasteiger partial charge on any atom is 0.263 e. The summed E-state index contributed by atoms with van der Waals surface area (Å²) < 4.78 is 27.7. The molecule has 0 fully saturated rings. The summed E-state index contributed by atoms with van der Waals surface area (Å²) in [6, 6.07) is 12.0. The highest BCUT2D eigenvalue weighted by atomic mass is 35.5.